The monoisotopic (exact) mass is 432 g/mol. The number of nitrogens with zero attached hydrogens (tertiary/aromatic N) is 2. The van der Waals surface area contributed by atoms with Crippen LogP contribution in [0.2, 0.25) is 5.02 Å². The fraction of sp³-hybridized carbons (Fsp3) is 0.0833. The summed E-state index contributed by atoms with van der Waals surface area (Å²) in [4.78, 5) is 31.8. The van der Waals surface area contributed by atoms with E-state index in [2.05, 4.69) is 9.97 Å². The maximum absolute atomic E-state index is 11.3. The van der Waals surface area contributed by atoms with Crippen molar-refractivity contribution in [2.24, 2.45) is 0 Å². The third kappa shape index (κ3) is 4.70. The van der Waals surface area contributed by atoms with Crippen LogP contribution in [0.4, 0.5) is 0 Å². The molecule has 1 heterocycles. The molecule has 3 aromatic carbocycles. The largest absolute Gasteiger partial charge is 0.486 e. The van der Waals surface area contributed by atoms with Crippen molar-refractivity contribution >= 4 is 35.2 Å². The highest BCUT2D eigenvalue weighted by molar-refractivity contribution is 6.31. The molecule has 6 nitrogen and oxygen atoms in total. The van der Waals surface area contributed by atoms with Crippen molar-refractivity contribution in [2.45, 2.75) is 13.2 Å². The Morgan fingerprint density at radius 2 is 1.23 bits per heavy atom. The van der Waals surface area contributed by atoms with Crippen LogP contribution in [0.1, 0.15) is 32.1 Å². The van der Waals surface area contributed by atoms with Crippen LogP contribution < -0.4 is 9.47 Å². The first-order valence-electron chi connectivity index (χ1n) is 9.47. The molecule has 0 unspecified atom stereocenters. The molecule has 0 fully saturated rings. The number of rotatable bonds is 8. The van der Waals surface area contributed by atoms with E-state index in [9.17, 15) is 9.59 Å². The van der Waals surface area contributed by atoms with Gasteiger partial charge in [0.1, 0.15) is 36.1 Å². The van der Waals surface area contributed by atoms with Crippen LogP contribution in [0.15, 0.2) is 66.7 Å². The minimum Gasteiger partial charge on any atom is -0.486 e. The summed E-state index contributed by atoms with van der Waals surface area (Å²) < 4.78 is 11.7. The van der Waals surface area contributed by atoms with Gasteiger partial charge in [-0.1, -0.05) is 35.9 Å². The van der Waals surface area contributed by atoms with Gasteiger partial charge in [-0.3, -0.25) is 9.59 Å². The van der Waals surface area contributed by atoms with Crippen LogP contribution in [0, 0.1) is 0 Å². The number of benzene rings is 3. The van der Waals surface area contributed by atoms with Gasteiger partial charge in [0.05, 0.1) is 22.2 Å². The number of aromatic nitrogens is 2. The third-order valence-corrected chi connectivity index (χ3v) is 4.84. The molecule has 0 radical (unpaired) electrons. The van der Waals surface area contributed by atoms with E-state index < -0.39 is 0 Å². The molecule has 154 valence electrons. The average Bonchev–Trinajstić information content (AvgIpc) is 2.81. The van der Waals surface area contributed by atoms with Crippen LogP contribution in [0.3, 0.4) is 0 Å². The number of aldehydes is 2. The molecule has 0 saturated carbocycles. The van der Waals surface area contributed by atoms with Crippen molar-refractivity contribution in [3.63, 3.8) is 0 Å². The minimum absolute atomic E-state index is 0.0777. The zero-order valence-electron chi connectivity index (χ0n) is 16.3. The summed E-state index contributed by atoms with van der Waals surface area (Å²) in [6, 6.07) is 19.1. The van der Waals surface area contributed by atoms with Crippen LogP contribution in [0.5, 0.6) is 11.5 Å². The number of hydrogen-bond donors (Lipinski definition) is 0. The van der Waals surface area contributed by atoms with Gasteiger partial charge in [0.25, 0.3) is 0 Å². The van der Waals surface area contributed by atoms with E-state index in [0.29, 0.717) is 50.1 Å². The normalized spacial score (nSPS) is 10.6. The predicted molar refractivity (Wildman–Crippen MR) is 117 cm³/mol. The number of para-hydroxylation sites is 2. The maximum atomic E-state index is 11.3. The summed E-state index contributed by atoms with van der Waals surface area (Å²) in [5, 5.41) is 0.545. The van der Waals surface area contributed by atoms with Crippen molar-refractivity contribution in [1.29, 1.82) is 0 Å². The second-order valence-corrected chi connectivity index (χ2v) is 7.08. The minimum atomic E-state index is 0.0777. The van der Waals surface area contributed by atoms with E-state index in [4.69, 9.17) is 21.1 Å². The summed E-state index contributed by atoms with van der Waals surface area (Å²) in [6.07, 6.45) is 1.48. The molecule has 31 heavy (non-hydrogen) atoms. The fourth-order valence-corrected chi connectivity index (χ4v) is 3.21. The standard InChI is InChI=1S/C24H17ClN2O4/c25-18-9-10-19-20(11-18)27-22(15-31-24-8-4-2-6-17(24)13-29)21(26-19)14-30-23-7-3-1-5-16(23)12-28/h1-13H,14-15H2. The van der Waals surface area contributed by atoms with Gasteiger partial charge in [-0.25, -0.2) is 9.97 Å². The molecule has 0 atom stereocenters. The Morgan fingerprint density at radius 1 is 0.710 bits per heavy atom. The Bertz CT molecular complexity index is 1260. The van der Waals surface area contributed by atoms with E-state index in [1.54, 1.807) is 66.7 Å². The van der Waals surface area contributed by atoms with Crippen molar-refractivity contribution in [3.05, 3.63) is 94.3 Å². The summed E-state index contributed by atoms with van der Waals surface area (Å²) in [5.41, 5.74) is 3.26. The molecule has 0 bridgehead atoms. The van der Waals surface area contributed by atoms with Gasteiger partial charge in [0, 0.05) is 5.02 Å². The molecular weight excluding hydrogens is 416 g/mol. The van der Waals surface area contributed by atoms with Gasteiger partial charge in [-0.2, -0.15) is 0 Å². The number of carbonyl (C=O) groups excluding carboxylic acids is 2. The SMILES string of the molecule is O=Cc1ccccc1OCc1nc2ccc(Cl)cc2nc1COc1ccccc1C=O. The zero-order valence-corrected chi connectivity index (χ0v) is 17.1. The Labute approximate surface area is 183 Å². The topological polar surface area (TPSA) is 78.4 Å². The number of carbonyl (C=O) groups is 2. The van der Waals surface area contributed by atoms with Gasteiger partial charge in [0.2, 0.25) is 0 Å². The molecular formula is C24H17ClN2O4. The second kappa shape index (κ2) is 9.36. The second-order valence-electron chi connectivity index (χ2n) is 6.64. The van der Waals surface area contributed by atoms with E-state index in [1.807, 2.05) is 0 Å². The first-order valence-corrected chi connectivity index (χ1v) is 9.85. The highest BCUT2D eigenvalue weighted by Crippen LogP contribution is 2.23. The summed E-state index contributed by atoms with van der Waals surface area (Å²) in [7, 11) is 0. The lowest BCUT2D eigenvalue weighted by Gasteiger charge is -2.14. The number of halogens is 1. The van der Waals surface area contributed by atoms with E-state index >= 15 is 0 Å². The summed E-state index contributed by atoms with van der Waals surface area (Å²) in [5.74, 6) is 0.900. The lowest BCUT2D eigenvalue weighted by Crippen LogP contribution is -2.10. The van der Waals surface area contributed by atoms with Crippen LogP contribution in [-0.2, 0) is 13.2 Å². The van der Waals surface area contributed by atoms with E-state index in [1.165, 1.54) is 0 Å². The van der Waals surface area contributed by atoms with Crippen LogP contribution in [0.25, 0.3) is 11.0 Å². The number of hydrogen-bond acceptors (Lipinski definition) is 6. The maximum Gasteiger partial charge on any atom is 0.153 e. The Kier molecular flexibility index (Phi) is 6.19. The Hall–Kier alpha value is -3.77. The molecule has 4 rings (SSSR count). The molecule has 4 aromatic rings. The van der Waals surface area contributed by atoms with Crippen molar-refractivity contribution in [2.75, 3.05) is 0 Å². The molecule has 0 N–H and O–H groups in total. The van der Waals surface area contributed by atoms with Crippen molar-refractivity contribution in [1.82, 2.24) is 9.97 Å². The fourth-order valence-electron chi connectivity index (χ4n) is 3.04. The van der Waals surface area contributed by atoms with E-state index in [-0.39, 0.29) is 13.2 Å². The summed E-state index contributed by atoms with van der Waals surface area (Å²) in [6.45, 7) is 0.165. The van der Waals surface area contributed by atoms with Gasteiger partial charge >= 0.3 is 0 Å². The van der Waals surface area contributed by atoms with Gasteiger partial charge in [0.15, 0.2) is 12.6 Å². The Balaban J connectivity index is 1.66. The molecule has 7 heteroatoms. The van der Waals surface area contributed by atoms with E-state index in [0.717, 1.165) is 12.6 Å². The summed E-state index contributed by atoms with van der Waals surface area (Å²) >= 11 is 6.10. The number of fused-ring (bicyclic) bond motifs is 1. The number of ether oxygens (including phenoxy) is 2. The lowest BCUT2D eigenvalue weighted by molar-refractivity contribution is 0.111. The predicted octanol–water partition coefficient (Wildman–Crippen LogP) is 5.07. The van der Waals surface area contributed by atoms with Gasteiger partial charge in [-0.05, 0) is 42.5 Å². The van der Waals surface area contributed by atoms with Crippen LogP contribution >= 0.6 is 11.6 Å². The van der Waals surface area contributed by atoms with Crippen LogP contribution in [-0.4, -0.2) is 22.5 Å². The quantitative estimate of drug-likeness (QED) is 0.362. The van der Waals surface area contributed by atoms with Crippen molar-refractivity contribution in [3.8, 4) is 11.5 Å². The molecule has 0 aliphatic rings. The third-order valence-electron chi connectivity index (χ3n) is 4.60. The lowest BCUT2D eigenvalue weighted by atomic mass is 10.2. The Morgan fingerprint density at radius 3 is 1.77 bits per heavy atom. The molecule has 0 aliphatic carbocycles. The first kappa shape index (κ1) is 20.5. The molecule has 0 saturated heterocycles. The van der Waals surface area contributed by atoms with Gasteiger partial charge < -0.3 is 9.47 Å². The zero-order chi connectivity index (χ0) is 21.6. The highest BCUT2D eigenvalue weighted by atomic mass is 35.5. The van der Waals surface area contributed by atoms with Crippen molar-refractivity contribution < 1.29 is 19.1 Å². The smallest absolute Gasteiger partial charge is 0.153 e. The molecule has 0 aliphatic heterocycles. The first-order chi connectivity index (χ1) is 15.2. The highest BCUT2D eigenvalue weighted by Gasteiger charge is 2.13. The molecule has 0 amide bonds. The van der Waals surface area contributed by atoms with Gasteiger partial charge in [-0.15, -0.1) is 0 Å². The molecule has 0 spiro atoms. The molecule has 1 aromatic heterocycles. The average molecular weight is 433 g/mol.